The molecule has 1 aliphatic heterocycles. The van der Waals surface area contributed by atoms with Crippen LogP contribution in [0, 0.1) is 0 Å². The van der Waals surface area contributed by atoms with Crippen LogP contribution in [0.1, 0.15) is 23.4 Å². The third kappa shape index (κ3) is 3.99. The zero-order valence-corrected chi connectivity index (χ0v) is 14.2. The lowest BCUT2D eigenvalue weighted by Gasteiger charge is -2.33. The van der Waals surface area contributed by atoms with E-state index in [2.05, 4.69) is 27.4 Å². The SMILES string of the molecule is COC(=O)C1Cc2nc[nH]c2CN1C(=O)NCCCc1ccccc1. The number of aromatic amines is 1. The first-order chi connectivity index (χ1) is 12.2. The average Bonchev–Trinajstić information content (AvgIpc) is 3.11. The summed E-state index contributed by atoms with van der Waals surface area (Å²) >= 11 is 0. The van der Waals surface area contributed by atoms with E-state index >= 15 is 0 Å². The minimum atomic E-state index is -0.644. The quantitative estimate of drug-likeness (QED) is 0.639. The van der Waals surface area contributed by atoms with Gasteiger partial charge in [0, 0.05) is 13.0 Å². The van der Waals surface area contributed by atoms with Crippen LogP contribution in [0.15, 0.2) is 36.7 Å². The normalized spacial score (nSPS) is 16.2. The van der Waals surface area contributed by atoms with Crippen molar-refractivity contribution in [3.05, 3.63) is 53.6 Å². The highest BCUT2D eigenvalue weighted by atomic mass is 16.5. The summed E-state index contributed by atoms with van der Waals surface area (Å²) in [5, 5.41) is 2.90. The third-order valence-electron chi connectivity index (χ3n) is 4.39. The van der Waals surface area contributed by atoms with Crippen LogP contribution in [0.3, 0.4) is 0 Å². The van der Waals surface area contributed by atoms with Gasteiger partial charge in [-0.05, 0) is 18.4 Å². The number of nitrogens with zero attached hydrogens (tertiary/aromatic N) is 2. The summed E-state index contributed by atoms with van der Waals surface area (Å²) < 4.78 is 4.85. The van der Waals surface area contributed by atoms with Crippen molar-refractivity contribution in [2.45, 2.75) is 31.8 Å². The first kappa shape index (κ1) is 17.0. The molecule has 0 saturated heterocycles. The summed E-state index contributed by atoms with van der Waals surface area (Å²) in [6, 6.07) is 9.23. The van der Waals surface area contributed by atoms with Crippen molar-refractivity contribution >= 4 is 12.0 Å². The van der Waals surface area contributed by atoms with E-state index in [0.29, 0.717) is 19.5 Å². The molecule has 2 aromatic rings. The van der Waals surface area contributed by atoms with Gasteiger partial charge in [0.1, 0.15) is 6.04 Å². The fourth-order valence-electron chi connectivity index (χ4n) is 3.03. The molecular formula is C18H22N4O3. The zero-order chi connectivity index (χ0) is 17.6. The first-order valence-electron chi connectivity index (χ1n) is 8.36. The largest absolute Gasteiger partial charge is 0.467 e. The molecule has 7 heteroatoms. The molecule has 3 rings (SSSR count). The van der Waals surface area contributed by atoms with Gasteiger partial charge in [-0.2, -0.15) is 0 Å². The molecule has 0 spiro atoms. The van der Waals surface area contributed by atoms with Gasteiger partial charge in [0.05, 0.1) is 31.4 Å². The molecule has 7 nitrogen and oxygen atoms in total. The summed E-state index contributed by atoms with van der Waals surface area (Å²) in [4.78, 5) is 33.3. The number of hydrogen-bond acceptors (Lipinski definition) is 4. The molecule has 0 fully saturated rings. The van der Waals surface area contributed by atoms with Crippen molar-refractivity contribution in [3.8, 4) is 0 Å². The van der Waals surface area contributed by atoms with Crippen LogP contribution in [-0.2, 0) is 28.9 Å². The van der Waals surface area contributed by atoms with Gasteiger partial charge < -0.3 is 19.9 Å². The number of amides is 2. The van der Waals surface area contributed by atoms with Crippen LogP contribution in [-0.4, -0.2) is 46.6 Å². The Morgan fingerprint density at radius 2 is 2.16 bits per heavy atom. The van der Waals surface area contributed by atoms with E-state index in [4.69, 9.17) is 4.74 Å². The summed E-state index contributed by atoms with van der Waals surface area (Å²) in [6.07, 6.45) is 3.68. The Hall–Kier alpha value is -2.83. The van der Waals surface area contributed by atoms with E-state index in [1.807, 2.05) is 18.2 Å². The van der Waals surface area contributed by atoms with E-state index in [1.165, 1.54) is 17.6 Å². The summed E-state index contributed by atoms with van der Waals surface area (Å²) in [5.74, 6) is -0.423. The number of carbonyl (C=O) groups excluding carboxylic acids is 2. The summed E-state index contributed by atoms with van der Waals surface area (Å²) in [5.41, 5.74) is 2.91. The Kier molecular flexibility index (Phi) is 5.33. The van der Waals surface area contributed by atoms with Gasteiger partial charge >= 0.3 is 12.0 Å². The number of ether oxygens (including phenoxy) is 1. The number of fused-ring (bicyclic) bond motifs is 1. The number of carbonyl (C=O) groups is 2. The topological polar surface area (TPSA) is 87.3 Å². The van der Waals surface area contributed by atoms with Gasteiger partial charge in [-0.15, -0.1) is 0 Å². The van der Waals surface area contributed by atoms with Crippen molar-refractivity contribution in [2.24, 2.45) is 0 Å². The number of H-pyrrole nitrogens is 1. The number of benzene rings is 1. The van der Waals surface area contributed by atoms with E-state index in [0.717, 1.165) is 24.2 Å². The first-order valence-corrected chi connectivity index (χ1v) is 8.36. The Morgan fingerprint density at radius 1 is 1.36 bits per heavy atom. The van der Waals surface area contributed by atoms with Crippen molar-refractivity contribution in [2.75, 3.05) is 13.7 Å². The summed E-state index contributed by atoms with van der Waals surface area (Å²) in [6.45, 7) is 0.869. The number of esters is 1. The summed E-state index contributed by atoms with van der Waals surface area (Å²) in [7, 11) is 1.33. The van der Waals surface area contributed by atoms with Crippen molar-refractivity contribution in [1.29, 1.82) is 0 Å². The van der Waals surface area contributed by atoms with Crippen LogP contribution < -0.4 is 5.32 Å². The molecule has 2 amide bonds. The maximum absolute atomic E-state index is 12.5. The smallest absolute Gasteiger partial charge is 0.329 e. The second-order valence-corrected chi connectivity index (χ2v) is 6.02. The molecule has 1 aromatic heterocycles. The number of aromatic nitrogens is 2. The Balaban J connectivity index is 1.56. The lowest BCUT2D eigenvalue weighted by molar-refractivity contribution is -0.146. The number of methoxy groups -OCH3 is 1. The molecule has 1 unspecified atom stereocenters. The third-order valence-corrected chi connectivity index (χ3v) is 4.39. The maximum Gasteiger partial charge on any atom is 0.329 e. The predicted molar refractivity (Wildman–Crippen MR) is 91.8 cm³/mol. The Labute approximate surface area is 146 Å². The molecule has 25 heavy (non-hydrogen) atoms. The van der Waals surface area contributed by atoms with Gasteiger partial charge in [0.15, 0.2) is 0 Å². The van der Waals surface area contributed by atoms with Gasteiger partial charge in [-0.25, -0.2) is 14.6 Å². The van der Waals surface area contributed by atoms with Crippen molar-refractivity contribution in [1.82, 2.24) is 20.2 Å². The molecule has 0 saturated carbocycles. The fourth-order valence-corrected chi connectivity index (χ4v) is 3.03. The lowest BCUT2D eigenvalue weighted by Crippen LogP contribution is -2.52. The lowest BCUT2D eigenvalue weighted by atomic mass is 10.0. The molecular weight excluding hydrogens is 320 g/mol. The highest BCUT2D eigenvalue weighted by Gasteiger charge is 2.36. The van der Waals surface area contributed by atoms with Crippen molar-refractivity contribution in [3.63, 3.8) is 0 Å². The average molecular weight is 342 g/mol. The second kappa shape index (κ2) is 7.83. The van der Waals surface area contributed by atoms with Crippen LogP contribution in [0.4, 0.5) is 4.79 Å². The molecule has 2 heterocycles. The number of hydrogen-bond donors (Lipinski definition) is 2. The molecule has 0 bridgehead atoms. The van der Waals surface area contributed by atoms with E-state index in [-0.39, 0.29) is 6.03 Å². The monoisotopic (exact) mass is 342 g/mol. The second-order valence-electron chi connectivity index (χ2n) is 6.02. The van der Waals surface area contributed by atoms with Crippen LogP contribution >= 0.6 is 0 Å². The molecule has 1 atom stereocenters. The van der Waals surface area contributed by atoms with E-state index in [9.17, 15) is 9.59 Å². The maximum atomic E-state index is 12.5. The molecule has 1 aromatic carbocycles. The molecule has 0 radical (unpaired) electrons. The Morgan fingerprint density at radius 3 is 2.92 bits per heavy atom. The molecule has 1 aliphatic rings. The molecule has 132 valence electrons. The van der Waals surface area contributed by atoms with E-state index in [1.54, 1.807) is 6.33 Å². The standard InChI is InChI=1S/C18H22N4O3/c1-25-17(23)16-10-14-15(21-12-20-14)11-22(16)18(24)19-9-5-8-13-6-3-2-4-7-13/h2-4,6-7,12,16H,5,8-11H2,1H3,(H,19,24)(H,20,21). The van der Waals surface area contributed by atoms with Gasteiger partial charge in [0.25, 0.3) is 0 Å². The van der Waals surface area contributed by atoms with Gasteiger partial charge in [0.2, 0.25) is 0 Å². The number of imidazole rings is 1. The van der Waals surface area contributed by atoms with Crippen LogP contribution in [0.25, 0.3) is 0 Å². The highest BCUT2D eigenvalue weighted by Crippen LogP contribution is 2.21. The minimum Gasteiger partial charge on any atom is -0.467 e. The number of aryl methyl sites for hydroxylation is 1. The van der Waals surface area contributed by atoms with Crippen LogP contribution in [0.5, 0.6) is 0 Å². The number of nitrogens with one attached hydrogen (secondary N) is 2. The van der Waals surface area contributed by atoms with Gasteiger partial charge in [-0.1, -0.05) is 30.3 Å². The molecule has 0 aliphatic carbocycles. The van der Waals surface area contributed by atoms with Crippen LogP contribution in [0.2, 0.25) is 0 Å². The number of urea groups is 1. The van der Waals surface area contributed by atoms with Crippen molar-refractivity contribution < 1.29 is 14.3 Å². The fraction of sp³-hybridized carbons (Fsp3) is 0.389. The Bertz CT molecular complexity index is 729. The van der Waals surface area contributed by atoms with E-state index < -0.39 is 12.0 Å². The van der Waals surface area contributed by atoms with Gasteiger partial charge in [-0.3, -0.25) is 0 Å². The minimum absolute atomic E-state index is 0.260. The predicted octanol–water partition coefficient (Wildman–Crippen LogP) is 1.65. The number of rotatable bonds is 5. The molecule has 2 N–H and O–H groups in total. The zero-order valence-electron chi connectivity index (χ0n) is 14.2. The highest BCUT2D eigenvalue weighted by molar-refractivity contribution is 5.84.